The molecule has 4 rings (SSSR count). The molecule has 6 nitrogen and oxygen atoms in total. The average Bonchev–Trinajstić information content (AvgIpc) is 3.23. The number of halogens is 1. The summed E-state index contributed by atoms with van der Waals surface area (Å²) in [6.45, 7) is 1.25. The second kappa shape index (κ2) is 8.45. The van der Waals surface area contributed by atoms with E-state index in [1.807, 2.05) is 36.4 Å². The number of ether oxygens (including phenoxy) is 2. The highest BCUT2D eigenvalue weighted by Crippen LogP contribution is 2.32. The van der Waals surface area contributed by atoms with Crippen molar-refractivity contribution < 1.29 is 19.0 Å². The number of aromatic nitrogens is 2. The lowest BCUT2D eigenvalue weighted by atomic mass is 10.1. The molecule has 0 spiro atoms. The summed E-state index contributed by atoms with van der Waals surface area (Å²) >= 11 is 0. The predicted molar refractivity (Wildman–Crippen MR) is 108 cm³/mol. The van der Waals surface area contributed by atoms with Gasteiger partial charge in [0.15, 0.2) is 0 Å². The van der Waals surface area contributed by atoms with Gasteiger partial charge in [-0.25, -0.2) is 14.4 Å². The molecule has 1 unspecified atom stereocenters. The van der Waals surface area contributed by atoms with Crippen LogP contribution in [0.5, 0.6) is 11.6 Å². The Balaban J connectivity index is 1.52. The van der Waals surface area contributed by atoms with Crippen molar-refractivity contribution in [2.45, 2.75) is 19.1 Å². The van der Waals surface area contributed by atoms with Crippen molar-refractivity contribution in [3.8, 4) is 22.9 Å². The smallest absolute Gasteiger partial charge is 0.213 e. The van der Waals surface area contributed by atoms with Crippen LogP contribution in [0.1, 0.15) is 12.1 Å². The lowest BCUT2D eigenvalue weighted by Gasteiger charge is -2.21. The second-order valence-electron chi connectivity index (χ2n) is 6.81. The number of pyridine rings is 2. The van der Waals surface area contributed by atoms with Gasteiger partial charge in [-0.15, -0.1) is 0 Å². The van der Waals surface area contributed by atoms with E-state index in [1.165, 1.54) is 12.1 Å². The molecule has 3 aromatic rings. The number of hydrogen-bond acceptors (Lipinski definition) is 6. The minimum absolute atomic E-state index is 0.0617. The van der Waals surface area contributed by atoms with Gasteiger partial charge >= 0.3 is 0 Å². The Morgan fingerprint density at radius 1 is 1.17 bits per heavy atom. The van der Waals surface area contributed by atoms with Crippen LogP contribution in [0.25, 0.3) is 11.3 Å². The summed E-state index contributed by atoms with van der Waals surface area (Å²) in [6.07, 6.45) is 1.89. The zero-order valence-corrected chi connectivity index (χ0v) is 16.1. The van der Waals surface area contributed by atoms with Gasteiger partial charge in [0.1, 0.15) is 17.7 Å². The number of hydrogen-bond donors (Lipinski definition) is 1. The van der Waals surface area contributed by atoms with Gasteiger partial charge in [0.2, 0.25) is 5.88 Å². The minimum Gasteiger partial charge on any atom is -0.496 e. The van der Waals surface area contributed by atoms with Crippen molar-refractivity contribution in [2.75, 3.05) is 25.1 Å². The molecule has 1 aliphatic rings. The Morgan fingerprint density at radius 2 is 2.03 bits per heavy atom. The van der Waals surface area contributed by atoms with Crippen molar-refractivity contribution in [1.82, 2.24) is 9.97 Å². The van der Waals surface area contributed by atoms with Crippen LogP contribution >= 0.6 is 0 Å². The normalized spacial score (nSPS) is 16.1. The second-order valence-corrected chi connectivity index (χ2v) is 6.81. The third-order valence-electron chi connectivity index (χ3n) is 4.96. The lowest BCUT2D eigenvalue weighted by Crippen LogP contribution is -2.26. The first kappa shape index (κ1) is 19.1. The van der Waals surface area contributed by atoms with E-state index in [1.54, 1.807) is 7.11 Å². The van der Waals surface area contributed by atoms with Gasteiger partial charge in [-0.3, -0.25) is 0 Å². The van der Waals surface area contributed by atoms with Crippen LogP contribution in [0.2, 0.25) is 0 Å². The van der Waals surface area contributed by atoms with Crippen LogP contribution in [0.15, 0.2) is 54.7 Å². The number of aliphatic hydroxyl groups is 1. The summed E-state index contributed by atoms with van der Waals surface area (Å²) in [6, 6.07) is 14.4. The Bertz CT molecular complexity index is 981. The summed E-state index contributed by atoms with van der Waals surface area (Å²) < 4.78 is 24.3. The molecule has 7 heteroatoms. The van der Waals surface area contributed by atoms with E-state index in [9.17, 15) is 9.50 Å². The summed E-state index contributed by atoms with van der Waals surface area (Å²) in [5, 5.41) is 9.91. The Morgan fingerprint density at radius 3 is 2.79 bits per heavy atom. The van der Waals surface area contributed by atoms with Crippen molar-refractivity contribution in [3.05, 3.63) is 66.2 Å². The largest absolute Gasteiger partial charge is 0.496 e. The van der Waals surface area contributed by atoms with Crippen LogP contribution in [0.4, 0.5) is 10.1 Å². The van der Waals surface area contributed by atoms with Gasteiger partial charge in [0.25, 0.3) is 0 Å². The number of aliphatic hydroxyl groups excluding tert-OH is 1. The molecule has 1 saturated heterocycles. The highest BCUT2D eigenvalue weighted by Gasteiger charge is 2.26. The molecule has 1 N–H and O–H groups in total. The topological polar surface area (TPSA) is 67.7 Å². The molecule has 1 aliphatic heterocycles. The molecule has 2 aromatic heterocycles. The predicted octanol–water partition coefficient (Wildman–Crippen LogP) is 3.44. The number of nitrogens with zero attached hydrogens (tertiary/aromatic N) is 3. The van der Waals surface area contributed by atoms with E-state index in [0.29, 0.717) is 18.1 Å². The maximum absolute atomic E-state index is 13.0. The van der Waals surface area contributed by atoms with E-state index in [0.717, 1.165) is 41.9 Å². The highest BCUT2D eigenvalue weighted by atomic mass is 19.1. The first-order chi connectivity index (χ1) is 14.2. The zero-order chi connectivity index (χ0) is 20.2. The van der Waals surface area contributed by atoms with Gasteiger partial charge in [0.05, 0.1) is 43.5 Å². The van der Waals surface area contributed by atoms with Crippen molar-refractivity contribution in [3.63, 3.8) is 0 Å². The molecular formula is C22H22FN3O3. The number of methoxy groups -OCH3 is 1. The molecule has 0 aliphatic carbocycles. The van der Waals surface area contributed by atoms with E-state index in [2.05, 4.69) is 14.9 Å². The van der Waals surface area contributed by atoms with Crippen LogP contribution in [0, 0.1) is 5.82 Å². The molecule has 1 atom stereocenters. The SMILES string of the molecule is COc1ccccc1-c1ccc(N2CCC(Oc3ccc(F)cn3)C2)c(CO)n1. The molecule has 1 aromatic carbocycles. The first-order valence-corrected chi connectivity index (χ1v) is 9.45. The third kappa shape index (κ3) is 4.14. The molecule has 29 heavy (non-hydrogen) atoms. The van der Waals surface area contributed by atoms with Gasteiger partial charge in [-0.2, -0.15) is 0 Å². The van der Waals surface area contributed by atoms with Crippen LogP contribution in [0.3, 0.4) is 0 Å². The number of rotatable bonds is 6. The van der Waals surface area contributed by atoms with Gasteiger partial charge < -0.3 is 19.5 Å². The summed E-state index contributed by atoms with van der Waals surface area (Å²) in [5.74, 6) is 0.752. The fourth-order valence-electron chi connectivity index (χ4n) is 3.55. The molecular weight excluding hydrogens is 373 g/mol. The zero-order valence-electron chi connectivity index (χ0n) is 16.1. The molecule has 150 valence electrons. The molecule has 3 heterocycles. The van der Waals surface area contributed by atoms with Gasteiger partial charge in [0, 0.05) is 24.6 Å². The van der Waals surface area contributed by atoms with Gasteiger partial charge in [-0.1, -0.05) is 12.1 Å². The Labute approximate surface area is 168 Å². The highest BCUT2D eigenvalue weighted by molar-refractivity contribution is 5.69. The van der Waals surface area contributed by atoms with E-state index in [4.69, 9.17) is 9.47 Å². The van der Waals surface area contributed by atoms with E-state index >= 15 is 0 Å². The van der Waals surface area contributed by atoms with Crippen LogP contribution < -0.4 is 14.4 Å². The molecule has 0 radical (unpaired) electrons. The monoisotopic (exact) mass is 395 g/mol. The van der Waals surface area contributed by atoms with Gasteiger partial charge in [-0.05, 0) is 30.3 Å². The average molecular weight is 395 g/mol. The summed E-state index contributed by atoms with van der Waals surface area (Å²) in [4.78, 5) is 10.8. The van der Waals surface area contributed by atoms with Crippen molar-refractivity contribution in [1.29, 1.82) is 0 Å². The van der Waals surface area contributed by atoms with Crippen molar-refractivity contribution >= 4 is 5.69 Å². The van der Waals surface area contributed by atoms with Crippen LogP contribution in [-0.4, -0.2) is 41.4 Å². The molecule has 0 saturated carbocycles. The molecule has 0 amide bonds. The first-order valence-electron chi connectivity index (χ1n) is 9.45. The minimum atomic E-state index is -0.390. The van der Waals surface area contributed by atoms with E-state index in [-0.39, 0.29) is 18.5 Å². The molecule has 0 bridgehead atoms. The lowest BCUT2D eigenvalue weighted by molar-refractivity contribution is 0.215. The maximum Gasteiger partial charge on any atom is 0.213 e. The standard InChI is InChI=1S/C22H22FN3O3/c1-28-21-5-3-2-4-17(21)18-7-8-20(19(14-27)25-18)26-11-10-16(13-26)29-22-9-6-15(23)12-24-22/h2-9,12,16,27H,10-11,13-14H2,1H3. The fourth-order valence-corrected chi connectivity index (χ4v) is 3.55. The van der Waals surface area contributed by atoms with Crippen molar-refractivity contribution in [2.24, 2.45) is 0 Å². The number of benzene rings is 1. The quantitative estimate of drug-likeness (QED) is 0.690. The third-order valence-corrected chi connectivity index (χ3v) is 4.96. The van der Waals surface area contributed by atoms with E-state index < -0.39 is 0 Å². The number of anilines is 1. The maximum atomic E-state index is 13.0. The summed E-state index contributed by atoms with van der Waals surface area (Å²) in [7, 11) is 1.63. The number of para-hydroxylation sites is 1. The molecule has 1 fully saturated rings. The Kier molecular flexibility index (Phi) is 5.57. The van der Waals surface area contributed by atoms with Crippen LogP contribution in [-0.2, 0) is 6.61 Å². The summed E-state index contributed by atoms with van der Waals surface area (Å²) in [5.41, 5.74) is 3.11. The Hall–Kier alpha value is -3.19. The fraction of sp³-hybridized carbons (Fsp3) is 0.273.